The molecule has 0 bridgehead atoms. The molecular weight excluding hydrogens is 437 g/mol. The van der Waals surface area contributed by atoms with Crippen molar-refractivity contribution in [3.63, 3.8) is 0 Å². The Bertz CT molecular complexity index is 839. The van der Waals surface area contributed by atoms with Crippen molar-refractivity contribution in [3.8, 4) is 0 Å². The van der Waals surface area contributed by atoms with E-state index in [0.29, 0.717) is 6.61 Å². The summed E-state index contributed by atoms with van der Waals surface area (Å²) in [5.41, 5.74) is 4.26. The Balaban J connectivity index is 0.00000243. The van der Waals surface area contributed by atoms with Gasteiger partial charge in [0.2, 0.25) is 5.69 Å². The zero-order chi connectivity index (χ0) is 18.0. The highest BCUT2D eigenvalue weighted by Gasteiger charge is 2.43. The van der Waals surface area contributed by atoms with E-state index in [-0.39, 0.29) is 35.4 Å². The number of ether oxygens (including phenoxy) is 1. The van der Waals surface area contributed by atoms with Crippen LogP contribution in [0.2, 0.25) is 0 Å². The van der Waals surface area contributed by atoms with Crippen LogP contribution >= 0.6 is 0 Å². The molecule has 4 heteroatoms. The number of carbonyl (C=O) groups is 1. The van der Waals surface area contributed by atoms with E-state index >= 15 is 0 Å². The first-order valence-corrected chi connectivity index (χ1v) is 9.20. The predicted molar refractivity (Wildman–Crippen MR) is 103 cm³/mol. The van der Waals surface area contributed by atoms with Crippen LogP contribution in [-0.2, 0) is 14.9 Å². The second-order valence-electron chi connectivity index (χ2n) is 7.44. The van der Waals surface area contributed by atoms with Crippen LogP contribution in [0.1, 0.15) is 52.5 Å². The Labute approximate surface area is 173 Å². The lowest BCUT2D eigenvalue weighted by atomic mass is 9.80. The lowest BCUT2D eigenvalue weighted by Gasteiger charge is -2.17. The van der Waals surface area contributed by atoms with Gasteiger partial charge in [-0.3, -0.25) is 4.79 Å². The molecule has 0 unspecified atom stereocenters. The van der Waals surface area contributed by atoms with Crippen molar-refractivity contribution in [3.05, 3.63) is 42.0 Å². The highest BCUT2D eigenvalue weighted by Crippen LogP contribution is 2.43. The fourth-order valence-corrected chi connectivity index (χ4v) is 3.89. The lowest BCUT2D eigenvalue weighted by molar-refractivity contribution is -0.439. The fraction of sp³-hybridized carbons (Fsp3) is 0.455. The molecule has 0 saturated carbocycles. The molecule has 0 atom stereocenters. The molecule has 1 aliphatic heterocycles. The molecule has 1 aliphatic rings. The maximum Gasteiger partial charge on any atom is 0.302 e. The van der Waals surface area contributed by atoms with Gasteiger partial charge in [0.15, 0.2) is 5.71 Å². The van der Waals surface area contributed by atoms with Crippen LogP contribution in [-0.4, -0.2) is 29.4 Å². The third kappa shape index (κ3) is 3.95. The van der Waals surface area contributed by atoms with Crippen LogP contribution in [0.3, 0.4) is 0 Å². The summed E-state index contributed by atoms with van der Waals surface area (Å²) in [4.78, 5) is 10.8. The molecule has 0 spiro atoms. The van der Waals surface area contributed by atoms with Gasteiger partial charge in [-0.15, -0.1) is 0 Å². The number of esters is 1. The summed E-state index contributed by atoms with van der Waals surface area (Å²) >= 11 is 0. The highest BCUT2D eigenvalue weighted by molar-refractivity contribution is 6.01. The number of unbranched alkanes of at least 4 members (excludes halogenated alkanes) is 2. The minimum absolute atomic E-state index is 0. The number of hydrogen-bond donors (Lipinski definition) is 0. The molecule has 0 saturated heterocycles. The zero-order valence-electron chi connectivity index (χ0n) is 16.1. The summed E-state index contributed by atoms with van der Waals surface area (Å²) in [5, 5.41) is 2.67. The highest BCUT2D eigenvalue weighted by atomic mass is 127. The molecule has 0 radical (unpaired) electrons. The van der Waals surface area contributed by atoms with E-state index in [9.17, 15) is 4.79 Å². The second-order valence-corrected chi connectivity index (χ2v) is 7.44. The molecule has 3 rings (SSSR count). The van der Waals surface area contributed by atoms with Gasteiger partial charge in [-0.25, -0.2) is 0 Å². The number of carbonyl (C=O) groups excluding carboxylic acids is 1. The van der Waals surface area contributed by atoms with Crippen LogP contribution < -0.4 is 24.0 Å². The number of rotatable bonds is 6. The largest absolute Gasteiger partial charge is 1.00 e. The average Bonchev–Trinajstić information content (AvgIpc) is 2.78. The zero-order valence-corrected chi connectivity index (χ0v) is 18.3. The van der Waals surface area contributed by atoms with Gasteiger partial charge in [0.05, 0.1) is 12.0 Å². The molecule has 1 heterocycles. The Morgan fingerprint density at radius 1 is 1.08 bits per heavy atom. The van der Waals surface area contributed by atoms with E-state index in [1.165, 1.54) is 34.7 Å². The first-order chi connectivity index (χ1) is 11.9. The molecule has 2 aromatic rings. The monoisotopic (exact) mass is 465 g/mol. The van der Waals surface area contributed by atoms with Crippen LogP contribution in [0, 0.1) is 0 Å². The number of nitrogens with zero attached hydrogens (tertiary/aromatic N) is 1. The van der Waals surface area contributed by atoms with Crippen molar-refractivity contribution in [2.24, 2.45) is 0 Å². The number of hydrogen-bond acceptors (Lipinski definition) is 2. The minimum Gasteiger partial charge on any atom is -1.00 e. The maximum absolute atomic E-state index is 10.8. The summed E-state index contributed by atoms with van der Waals surface area (Å²) in [7, 11) is 0. The Kier molecular flexibility index (Phi) is 6.83. The quantitative estimate of drug-likeness (QED) is 0.283. The van der Waals surface area contributed by atoms with E-state index in [4.69, 9.17) is 4.74 Å². The summed E-state index contributed by atoms with van der Waals surface area (Å²) in [6, 6.07) is 13.2. The topological polar surface area (TPSA) is 29.3 Å². The van der Waals surface area contributed by atoms with E-state index in [2.05, 4.69) is 61.7 Å². The molecule has 3 nitrogen and oxygen atoms in total. The van der Waals surface area contributed by atoms with Crippen molar-refractivity contribution >= 4 is 28.1 Å². The van der Waals surface area contributed by atoms with Gasteiger partial charge in [-0.1, -0.05) is 24.3 Å². The van der Waals surface area contributed by atoms with Gasteiger partial charge in [0.1, 0.15) is 6.54 Å². The van der Waals surface area contributed by atoms with Gasteiger partial charge >= 0.3 is 5.97 Å². The SMILES string of the molecule is CC(=O)OCCCCC[N+]1=C(C)C(C)(C)c2c1ccc1ccccc21.[I-]. The summed E-state index contributed by atoms with van der Waals surface area (Å²) in [6.07, 6.45) is 3.10. The third-order valence-corrected chi connectivity index (χ3v) is 5.46. The van der Waals surface area contributed by atoms with Crippen molar-refractivity contribution in [2.45, 2.75) is 52.4 Å². The van der Waals surface area contributed by atoms with Crippen LogP contribution in [0.5, 0.6) is 0 Å². The normalized spacial score (nSPS) is 14.9. The summed E-state index contributed by atoms with van der Waals surface area (Å²) < 4.78 is 7.49. The lowest BCUT2D eigenvalue weighted by Crippen LogP contribution is -3.00. The minimum atomic E-state index is -0.189. The van der Waals surface area contributed by atoms with Crippen LogP contribution in [0.15, 0.2) is 36.4 Å². The van der Waals surface area contributed by atoms with E-state index < -0.39 is 0 Å². The number of fused-ring (bicyclic) bond motifs is 3. The first kappa shape index (κ1) is 20.9. The first-order valence-electron chi connectivity index (χ1n) is 9.20. The summed E-state index contributed by atoms with van der Waals surface area (Å²) in [5.74, 6) is -0.189. The molecular formula is C22H28INO2. The van der Waals surface area contributed by atoms with E-state index in [0.717, 1.165) is 25.8 Å². The van der Waals surface area contributed by atoms with Gasteiger partial charge in [0.25, 0.3) is 0 Å². The Morgan fingerprint density at radius 3 is 2.54 bits per heavy atom. The van der Waals surface area contributed by atoms with Gasteiger partial charge in [0, 0.05) is 31.9 Å². The van der Waals surface area contributed by atoms with E-state index in [1.807, 2.05) is 0 Å². The maximum atomic E-state index is 10.8. The molecule has 140 valence electrons. The molecule has 0 aliphatic carbocycles. The van der Waals surface area contributed by atoms with Crippen molar-refractivity contribution in [1.29, 1.82) is 0 Å². The molecule has 26 heavy (non-hydrogen) atoms. The smallest absolute Gasteiger partial charge is 0.302 e. The van der Waals surface area contributed by atoms with Crippen molar-refractivity contribution in [1.82, 2.24) is 0 Å². The molecule has 2 aromatic carbocycles. The second kappa shape index (κ2) is 8.51. The number of halogens is 1. The fourth-order valence-electron chi connectivity index (χ4n) is 3.89. The molecule has 0 aromatic heterocycles. The van der Waals surface area contributed by atoms with Crippen LogP contribution in [0.25, 0.3) is 10.8 Å². The van der Waals surface area contributed by atoms with Crippen molar-refractivity contribution < 1.29 is 38.1 Å². The third-order valence-electron chi connectivity index (χ3n) is 5.46. The summed E-state index contributed by atoms with van der Waals surface area (Å²) in [6.45, 7) is 9.92. The van der Waals surface area contributed by atoms with Gasteiger partial charge in [-0.2, -0.15) is 4.58 Å². The van der Waals surface area contributed by atoms with Crippen molar-refractivity contribution in [2.75, 3.05) is 13.2 Å². The molecule has 0 fully saturated rings. The number of benzene rings is 2. The molecule has 0 amide bonds. The van der Waals surface area contributed by atoms with Gasteiger partial charge < -0.3 is 28.7 Å². The molecule has 0 N–H and O–H groups in total. The predicted octanol–water partition coefficient (Wildman–Crippen LogP) is 1.97. The Morgan fingerprint density at radius 2 is 1.81 bits per heavy atom. The standard InChI is InChI=1S/C22H28NO2.HI/c1-16-22(3,4)21-19-11-7-6-10-18(19)12-13-20(21)23(16)14-8-5-9-15-25-17(2)24;/h6-7,10-13H,5,8-9,14-15H2,1-4H3;1H/q+1;/p-1. The van der Waals surface area contributed by atoms with E-state index in [1.54, 1.807) is 0 Å². The Hall–Kier alpha value is -1.43. The average molecular weight is 465 g/mol. The van der Waals surface area contributed by atoms with Gasteiger partial charge in [-0.05, 0) is 43.5 Å². The van der Waals surface area contributed by atoms with Crippen LogP contribution in [0.4, 0.5) is 5.69 Å².